The molecular weight excluding hydrogens is 455 g/mol. The molecule has 174 valence electrons. The third-order valence-corrected chi connectivity index (χ3v) is 7.16. The zero-order chi connectivity index (χ0) is 23.2. The van der Waals surface area contributed by atoms with Gasteiger partial charge in [0, 0.05) is 45.5 Å². The Kier molecular flexibility index (Phi) is 5.51. The number of hydrogen-bond donors (Lipinski definition) is 0. The van der Waals surface area contributed by atoms with E-state index < -0.39 is 11.7 Å². The maximum atomic E-state index is 12.9. The first-order valence-corrected chi connectivity index (χ1v) is 11.4. The van der Waals surface area contributed by atoms with Gasteiger partial charge in [0.2, 0.25) is 5.91 Å². The molecule has 2 saturated heterocycles. The van der Waals surface area contributed by atoms with Crippen molar-refractivity contribution in [1.29, 1.82) is 0 Å². The Morgan fingerprint density at radius 3 is 2.48 bits per heavy atom. The largest absolute Gasteiger partial charge is 0.497 e. The number of halogens is 3. The van der Waals surface area contributed by atoms with Crippen LogP contribution in [-0.4, -0.2) is 67.2 Å². The summed E-state index contributed by atoms with van der Waals surface area (Å²) in [5.41, 5.74) is 0.153. The number of hydrogen-bond acceptors (Lipinski definition) is 7. The second-order valence-corrected chi connectivity index (χ2v) is 9.16. The van der Waals surface area contributed by atoms with Gasteiger partial charge in [-0.05, 0) is 30.3 Å². The molecule has 1 amide bonds. The van der Waals surface area contributed by atoms with Gasteiger partial charge < -0.3 is 19.4 Å². The number of methoxy groups -OCH3 is 1. The molecule has 0 saturated carbocycles. The molecule has 2 fully saturated rings. The Bertz CT molecular complexity index is 1150. The van der Waals surface area contributed by atoms with Gasteiger partial charge in [-0.25, -0.2) is 9.97 Å². The number of fused-ring (bicyclic) bond motifs is 1. The van der Waals surface area contributed by atoms with E-state index in [0.717, 1.165) is 33.4 Å². The van der Waals surface area contributed by atoms with Crippen LogP contribution in [0.3, 0.4) is 0 Å². The summed E-state index contributed by atoms with van der Waals surface area (Å²) in [7, 11) is 1.63. The molecule has 1 aromatic carbocycles. The number of benzene rings is 1. The molecular formula is C22H22F3N5O2S. The van der Waals surface area contributed by atoms with Crippen LogP contribution in [0.15, 0.2) is 36.5 Å². The molecule has 2 aliphatic rings. The molecule has 0 atom stereocenters. The molecule has 2 aliphatic heterocycles. The van der Waals surface area contributed by atoms with Crippen LogP contribution in [0.1, 0.15) is 5.56 Å². The number of thiazole rings is 1. The van der Waals surface area contributed by atoms with Crippen LogP contribution < -0.4 is 14.5 Å². The number of anilines is 2. The Morgan fingerprint density at radius 1 is 1.09 bits per heavy atom. The number of carbonyl (C=O) groups is 1. The molecule has 0 spiro atoms. The Hall–Kier alpha value is -3.08. The highest BCUT2D eigenvalue weighted by Crippen LogP contribution is 2.35. The smallest absolute Gasteiger partial charge is 0.417 e. The Morgan fingerprint density at radius 2 is 1.85 bits per heavy atom. The fraction of sp³-hybridized carbons (Fsp3) is 0.409. The van der Waals surface area contributed by atoms with Crippen LogP contribution in [0.2, 0.25) is 0 Å². The first-order valence-electron chi connectivity index (χ1n) is 10.6. The van der Waals surface area contributed by atoms with Crippen molar-refractivity contribution < 1.29 is 22.7 Å². The van der Waals surface area contributed by atoms with Gasteiger partial charge in [-0.15, -0.1) is 0 Å². The van der Waals surface area contributed by atoms with E-state index in [-0.39, 0.29) is 11.8 Å². The molecule has 33 heavy (non-hydrogen) atoms. The van der Waals surface area contributed by atoms with E-state index in [1.807, 2.05) is 28.0 Å². The summed E-state index contributed by atoms with van der Waals surface area (Å²) in [5, 5.41) is 0.903. The van der Waals surface area contributed by atoms with Gasteiger partial charge in [0.05, 0.1) is 28.8 Å². The molecule has 3 aromatic rings. The maximum Gasteiger partial charge on any atom is 0.417 e. The monoisotopic (exact) mass is 477 g/mol. The molecule has 0 bridgehead atoms. The lowest BCUT2D eigenvalue weighted by Crippen LogP contribution is -2.58. The topological polar surface area (TPSA) is 61.8 Å². The number of aromatic nitrogens is 2. The van der Waals surface area contributed by atoms with E-state index in [2.05, 4.69) is 14.9 Å². The second kappa shape index (κ2) is 8.36. The number of carbonyl (C=O) groups excluding carboxylic acids is 1. The molecule has 11 heteroatoms. The molecule has 0 aliphatic carbocycles. The van der Waals surface area contributed by atoms with Crippen molar-refractivity contribution in [3.63, 3.8) is 0 Å². The van der Waals surface area contributed by atoms with Crippen molar-refractivity contribution >= 4 is 38.4 Å². The lowest BCUT2D eigenvalue weighted by atomic mass is 9.99. The third kappa shape index (κ3) is 4.29. The highest BCUT2D eigenvalue weighted by Gasteiger charge is 2.38. The van der Waals surface area contributed by atoms with Gasteiger partial charge in [-0.3, -0.25) is 4.79 Å². The van der Waals surface area contributed by atoms with E-state index in [4.69, 9.17) is 4.74 Å². The number of amides is 1. The first-order chi connectivity index (χ1) is 15.8. The van der Waals surface area contributed by atoms with Crippen molar-refractivity contribution in [1.82, 2.24) is 14.9 Å². The molecule has 0 radical (unpaired) electrons. The number of ether oxygens (including phenoxy) is 1. The summed E-state index contributed by atoms with van der Waals surface area (Å²) < 4.78 is 44.5. The summed E-state index contributed by atoms with van der Waals surface area (Å²) in [4.78, 5) is 27.4. The van der Waals surface area contributed by atoms with E-state index in [9.17, 15) is 18.0 Å². The normalized spacial score (nSPS) is 17.4. The standard InChI is InChI=1S/C22H22F3N5O2S/c1-32-16-3-4-17-18(10-16)33-21(27-17)30-12-14(13-30)20(31)29-8-6-28(7-9-29)19-5-2-15(11-26-19)22(23,24)25/h2-5,10-11,14H,6-9,12-13H2,1H3. The maximum absolute atomic E-state index is 12.9. The third-order valence-electron chi connectivity index (χ3n) is 6.08. The Balaban J connectivity index is 1.14. The molecule has 5 rings (SSSR count). The summed E-state index contributed by atoms with van der Waals surface area (Å²) >= 11 is 1.59. The average Bonchev–Trinajstić information content (AvgIpc) is 3.20. The van der Waals surface area contributed by atoms with Crippen LogP contribution in [-0.2, 0) is 11.0 Å². The van der Waals surface area contributed by atoms with Gasteiger partial charge in [0.15, 0.2) is 5.13 Å². The predicted molar refractivity (Wildman–Crippen MR) is 120 cm³/mol. The van der Waals surface area contributed by atoms with E-state index >= 15 is 0 Å². The summed E-state index contributed by atoms with van der Waals surface area (Å²) in [6, 6.07) is 8.21. The fourth-order valence-corrected chi connectivity index (χ4v) is 5.11. The minimum Gasteiger partial charge on any atom is -0.497 e. The van der Waals surface area contributed by atoms with Gasteiger partial charge in [0.1, 0.15) is 11.6 Å². The summed E-state index contributed by atoms with van der Waals surface area (Å²) in [5.74, 6) is 1.34. The van der Waals surface area contributed by atoms with Crippen LogP contribution in [0.4, 0.5) is 24.1 Å². The second-order valence-electron chi connectivity index (χ2n) is 8.15. The zero-order valence-electron chi connectivity index (χ0n) is 17.9. The van der Waals surface area contributed by atoms with Gasteiger partial charge >= 0.3 is 6.18 Å². The summed E-state index contributed by atoms with van der Waals surface area (Å²) in [6.07, 6.45) is -3.54. The predicted octanol–water partition coefficient (Wildman–Crippen LogP) is 3.50. The lowest BCUT2D eigenvalue weighted by molar-refractivity contribution is -0.138. The molecule has 2 aromatic heterocycles. The van der Waals surface area contributed by atoms with Gasteiger partial charge in [-0.1, -0.05) is 11.3 Å². The van der Waals surface area contributed by atoms with Crippen LogP contribution in [0.5, 0.6) is 5.75 Å². The summed E-state index contributed by atoms with van der Waals surface area (Å²) in [6.45, 7) is 3.41. The highest BCUT2D eigenvalue weighted by atomic mass is 32.1. The van der Waals surface area contributed by atoms with Crippen molar-refractivity contribution in [2.45, 2.75) is 6.18 Å². The zero-order valence-corrected chi connectivity index (χ0v) is 18.7. The Labute approximate surface area is 192 Å². The van der Waals surface area contributed by atoms with Crippen LogP contribution >= 0.6 is 11.3 Å². The lowest BCUT2D eigenvalue weighted by Gasteiger charge is -2.42. The molecule has 7 nitrogen and oxygen atoms in total. The van der Waals surface area contributed by atoms with Crippen LogP contribution in [0.25, 0.3) is 10.2 Å². The van der Waals surface area contributed by atoms with Crippen molar-refractivity contribution in [3.8, 4) is 5.75 Å². The van der Waals surface area contributed by atoms with Crippen LogP contribution in [0, 0.1) is 5.92 Å². The number of piperazine rings is 1. The highest BCUT2D eigenvalue weighted by molar-refractivity contribution is 7.22. The number of rotatable bonds is 4. The molecule has 0 N–H and O–H groups in total. The molecule has 0 unspecified atom stereocenters. The minimum atomic E-state index is -4.40. The number of nitrogens with zero attached hydrogens (tertiary/aromatic N) is 5. The quantitative estimate of drug-likeness (QED) is 0.573. The van der Waals surface area contributed by atoms with Crippen molar-refractivity contribution in [2.75, 3.05) is 56.2 Å². The van der Waals surface area contributed by atoms with E-state index in [0.29, 0.717) is 45.1 Å². The van der Waals surface area contributed by atoms with Gasteiger partial charge in [-0.2, -0.15) is 13.2 Å². The average molecular weight is 478 g/mol. The van der Waals surface area contributed by atoms with Crippen molar-refractivity contribution in [3.05, 3.63) is 42.1 Å². The van der Waals surface area contributed by atoms with E-state index in [1.165, 1.54) is 6.07 Å². The van der Waals surface area contributed by atoms with Crippen molar-refractivity contribution in [2.24, 2.45) is 5.92 Å². The number of pyridine rings is 1. The number of alkyl halides is 3. The first kappa shape index (κ1) is 21.7. The fourth-order valence-electron chi connectivity index (χ4n) is 4.10. The van der Waals surface area contributed by atoms with E-state index in [1.54, 1.807) is 18.4 Å². The minimum absolute atomic E-state index is 0.0673. The molecule has 4 heterocycles. The SMILES string of the molecule is COc1ccc2nc(N3CC(C(=O)N4CCN(c5ccc(C(F)(F)F)cn5)CC4)C3)sc2c1. The van der Waals surface area contributed by atoms with Gasteiger partial charge in [0.25, 0.3) is 0 Å².